The highest BCUT2D eigenvalue weighted by atomic mass is 16.2. The number of hydrogen-bond acceptors (Lipinski definition) is 3. The molecule has 0 bridgehead atoms. The van der Waals surface area contributed by atoms with Crippen molar-refractivity contribution in [3.05, 3.63) is 41.6 Å². The second-order valence-corrected chi connectivity index (χ2v) is 8.02. The molecular weight excluding hydrogens is 310 g/mol. The molecule has 2 N–H and O–H groups in total. The second kappa shape index (κ2) is 6.41. The summed E-state index contributed by atoms with van der Waals surface area (Å²) in [6.45, 7) is 5.95. The number of likely N-dealkylation sites (tertiary alicyclic amines) is 1. The van der Waals surface area contributed by atoms with E-state index in [1.807, 2.05) is 17.2 Å². The number of amides is 1. The van der Waals surface area contributed by atoms with Crippen LogP contribution in [0, 0.1) is 18.8 Å². The monoisotopic (exact) mass is 337 g/mol. The van der Waals surface area contributed by atoms with Gasteiger partial charge >= 0.3 is 0 Å². The lowest BCUT2D eigenvalue weighted by atomic mass is 9.83. The first-order valence-corrected chi connectivity index (χ1v) is 9.43. The lowest BCUT2D eigenvalue weighted by molar-refractivity contribution is -0.135. The van der Waals surface area contributed by atoms with E-state index in [1.165, 1.54) is 16.5 Å². The number of nitrogens with two attached hydrogens (primary N) is 1. The number of hydrogen-bond donors (Lipinski definition) is 1. The van der Waals surface area contributed by atoms with Crippen molar-refractivity contribution in [3.63, 3.8) is 0 Å². The van der Waals surface area contributed by atoms with E-state index in [1.54, 1.807) is 0 Å². The van der Waals surface area contributed by atoms with Gasteiger partial charge in [0.05, 0.1) is 11.6 Å². The van der Waals surface area contributed by atoms with Gasteiger partial charge in [-0.15, -0.1) is 0 Å². The number of benzene rings is 1. The highest BCUT2D eigenvalue weighted by molar-refractivity contribution is 5.86. The molecule has 2 heterocycles. The molecule has 1 aliphatic heterocycles. The van der Waals surface area contributed by atoms with Crippen LogP contribution in [0.3, 0.4) is 0 Å². The molecule has 2 fully saturated rings. The van der Waals surface area contributed by atoms with Gasteiger partial charge in [-0.2, -0.15) is 0 Å². The van der Waals surface area contributed by atoms with Crippen LogP contribution in [-0.4, -0.2) is 34.9 Å². The minimum atomic E-state index is -0.303. The van der Waals surface area contributed by atoms with Crippen molar-refractivity contribution in [2.45, 2.75) is 45.1 Å². The van der Waals surface area contributed by atoms with Crippen LogP contribution in [-0.2, 0) is 4.79 Å². The molecule has 0 radical (unpaired) electrons. The summed E-state index contributed by atoms with van der Waals surface area (Å²) in [6, 6.07) is 8.25. The Morgan fingerprint density at radius 1 is 1.28 bits per heavy atom. The molecule has 1 amide bonds. The summed E-state index contributed by atoms with van der Waals surface area (Å²) in [4.78, 5) is 19.4. The molecule has 0 unspecified atom stereocenters. The van der Waals surface area contributed by atoms with Crippen molar-refractivity contribution >= 4 is 16.8 Å². The Morgan fingerprint density at radius 3 is 2.84 bits per heavy atom. The number of nitrogens with zero attached hydrogens (tertiary/aromatic N) is 2. The lowest BCUT2D eigenvalue weighted by Crippen LogP contribution is -2.50. The van der Waals surface area contributed by atoms with Gasteiger partial charge in [-0.05, 0) is 55.2 Å². The Labute approximate surface area is 149 Å². The summed E-state index contributed by atoms with van der Waals surface area (Å²) in [5.74, 6) is 1.40. The molecule has 3 atom stereocenters. The third kappa shape index (κ3) is 3.15. The third-order valence-corrected chi connectivity index (χ3v) is 5.83. The van der Waals surface area contributed by atoms with E-state index in [4.69, 9.17) is 5.73 Å². The average molecular weight is 337 g/mol. The standard InChI is InChI=1S/C21H27N3O/c1-13-10-16(12-24(11-13)21(25)19(22)15-6-7-15)17-8-5-14(2)20-18(17)4-3-9-23-20/h3-5,8-9,13,15-16,19H,6-7,10-12,22H2,1-2H3/t13-,16-,19+/m1/s1. The number of aryl methyl sites for hydroxylation is 1. The third-order valence-electron chi connectivity index (χ3n) is 5.83. The van der Waals surface area contributed by atoms with Gasteiger partial charge < -0.3 is 10.6 Å². The summed E-state index contributed by atoms with van der Waals surface area (Å²) in [5.41, 5.74) is 9.79. The summed E-state index contributed by atoms with van der Waals surface area (Å²) < 4.78 is 0. The van der Waals surface area contributed by atoms with Crippen LogP contribution in [0.15, 0.2) is 30.5 Å². The SMILES string of the molecule is Cc1ccc([C@@H]2C[C@@H](C)CN(C(=O)[C@@H](N)C3CC3)C2)c2cccnc12. The number of pyridine rings is 1. The van der Waals surface area contributed by atoms with Crippen LogP contribution in [0.5, 0.6) is 0 Å². The number of carbonyl (C=O) groups excluding carboxylic acids is 1. The first-order valence-electron chi connectivity index (χ1n) is 9.43. The minimum absolute atomic E-state index is 0.147. The van der Waals surface area contributed by atoms with Crippen LogP contribution in [0.25, 0.3) is 10.9 Å². The maximum absolute atomic E-state index is 12.8. The molecule has 4 rings (SSSR count). The predicted molar refractivity (Wildman–Crippen MR) is 100 cm³/mol. The molecule has 1 aliphatic carbocycles. The Morgan fingerprint density at radius 2 is 2.08 bits per heavy atom. The van der Waals surface area contributed by atoms with Gasteiger partial charge in [0.15, 0.2) is 0 Å². The van der Waals surface area contributed by atoms with Gasteiger partial charge in [0.2, 0.25) is 5.91 Å². The Kier molecular flexibility index (Phi) is 4.24. The van der Waals surface area contributed by atoms with Crippen LogP contribution in [0.4, 0.5) is 0 Å². The topological polar surface area (TPSA) is 59.2 Å². The molecule has 1 saturated carbocycles. The molecule has 0 spiro atoms. The van der Waals surface area contributed by atoms with Crippen LogP contribution in [0.2, 0.25) is 0 Å². The molecular formula is C21H27N3O. The van der Waals surface area contributed by atoms with E-state index < -0.39 is 0 Å². The zero-order chi connectivity index (χ0) is 17.6. The quantitative estimate of drug-likeness (QED) is 0.935. The highest BCUT2D eigenvalue weighted by Gasteiger charge is 2.38. The number of fused-ring (bicyclic) bond motifs is 1. The number of aromatic nitrogens is 1. The van der Waals surface area contributed by atoms with E-state index in [2.05, 4.69) is 37.0 Å². The van der Waals surface area contributed by atoms with Crippen LogP contribution in [0.1, 0.15) is 43.2 Å². The molecule has 4 nitrogen and oxygen atoms in total. The highest BCUT2D eigenvalue weighted by Crippen LogP contribution is 2.37. The van der Waals surface area contributed by atoms with Crippen LogP contribution >= 0.6 is 0 Å². The fraction of sp³-hybridized carbons (Fsp3) is 0.524. The van der Waals surface area contributed by atoms with Gasteiger partial charge in [0.1, 0.15) is 0 Å². The zero-order valence-corrected chi connectivity index (χ0v) is 15.1. The lowest BCUT2D eigenvalue weighted by Gasteiger charge is -2.38. The Bertz CT molecular complexity index is 799. The Balaban J connectivity index is 1.64. The number of carbonyl (C=O) groups is 1. The number of piperidine rings is 1. The van der Waals surface area contributed by atoms with E-state index in [9.17, 15) is 4.79 Å². The molecule has 2 aromatic rings. The molecule has 1 aromatic carbocycles. The van der Waals surface area contributed by atoms with Gasteiger partial charge in [0.25, 0.3) is 0 Å². The zero-order valence-electron chi connectivity index (χ0n) is 15.1. The maximum atomic E-state index is 12.8. The van der Waals surface area contributed by atoms with Crippen molar-refractivity contribution in [1.29, 1.82) is 0 Å². The van der Waals surface area contributed by atoms with Crippen molar-refractivity contribution in [1.82, 2.24) is 9.88 Å². The maximum Gasteiger partial charge on any atom is 0.239 e. The number of rotatable bonds is 3. The summed E-state index contributed by atoms with van der Waals surface area (Å²) in [5, 5.41) is 1.22. The van der Waals surface area contributed by atoms with Gasteiger partial charge in [-0.25, -0.2) is 0 Å². The fourth-order valence-electron chi connectivity index (χ4n) is 4.32. The van der Waals surface area contributed by atoms with Gasteiger partial charge in [-0.3, -0.25) is 9.78 Å². The van der Waals surface area contributed by atoms with Gasteiger partial charge in [-0.1, -0.05) is 25.1 Å². The molecule has 4 heteroatoms. The van der Waals surface area contributed by atoms with E-state index >= 15 is 0 Å². The fourth-order valence-corrected chi connectivity index (χ4v) is 4.32. The summed E-state index contributed by atoms with van der Waals surface area (Å²) in [7, 11) is 0. The predicted octanol–water partition coefficient (Wildman–Crippen LogP) is 3.23. The van der Waals surface area contributed by atoms with Crippen LogP contribution < -0.4 is 5.73 Å². The largest absolute Gasteiger partial charge is 0.340 e. The first-order chi connectivity index (χ1) is 12.0. The summed E-state index contributed by atoms with van der Waals surface area (Å²) >= 11 is 0. The normalized spacial score (nSPS) is 25.2. The first kappa shape index (κ1) is 16.5. The van der Waals surface area contributed by atoms with E-state index in [0.717, 1.165) is 37.9 Å². The molecule has 2 aliphatic rings. The smallest absolute Gasteiger partial charge is 0.239 e. The van der Waals surface area contributed by atoms with E-state index in [-0.39, 0.29) is 11.9 Å². The second-order valence-electron chi connectivity index (χ2n) is 8.02. The molecule has 1 saturated heterocycles. The average Bonchev–Trinajstić information content (AvgIpc) is 3.45. The van der Waals surface area contributed by atoms with Crippen molar-refractivity contribution < 1.29 is 4.79 Å². The van der Waals surface area contributed by atoms with Crippen molar-refractivity contribution in [2.75, 3.05) is 13.1 Å². The van der Waals surface area contributed by atoms with Gasteiger partial charge in [0, 0.05) is 30.6 Å². The molecule has 1 aromatic heterocycles. The minimum Gasteiger partial charge on any atom is -0.340 e. The molecule has 132 valence electrons. The van der Waals surface area contributed by atoms with Crippen molar-refractivity contribution in [3.8, 4) is 0 Å². The summed E-state index contributed by atoms with van der Waals surface area (Å²) in [6.07, 6.45) is 5.17. The molecule has 25 heavy (non-hydrogen) atoms. The van der Waals surface area contributed by atoms with E-state index in [0.29, 0.717) is 17.8 Å². The van der Waals surface area contributed by atoms with Crippen molar-refractivity contribution in [2.24, 2.45) is 17.6 Å². The Hall–Kier alpha value is -1.94.